The van der Waals surface area contributed by atoms with Crippen molar-refractivity contribution < 1.29 is 5.11 Å². The van der Waals surface area contributed by atoms with Gasteiger partial charge in [0.2, 0.25) is 0 Å². The monoisotopic (exact) mass is 281 g/mol. The third-order valence-electron chi connectivity index (χ3n) is 4.55. The van der Waals surface area contributed by atoms with Gasteiger partial charge in [0.15, 0.2) is 0 Å². The Hall–Kier alpha value is -1.80. The van der Waals surface area contributed by atoms with E-state index in [1.54, 1.807) is 6.07 Å². The number of fused-ring (bicyclic) bond motifs is 1. The van der Waals surface area contributed by atoms with Crippen molar-refractivity contribution in [3.63, 3.8) is 0 Å². The molecule has 0 radical (unpaired) electrons. The fourth-order valence-electron chi connectivity index (χ4n) is 3.42. The second-order valence-electron chi connectivity index (χ2n) is 6.07. The highest BCUT2D eigenvalue weighted by atomic mass is 16.3. The van der Waals surface area contributed by atoms with Gasteiger partial charge in [-0.3, -0.25) is 0 Å². The van der Waals surface area contributed by atoms with E-state index in [0.717, 1.165) is 12.8 Å². The van der Waals surface area contributed by atoms with Crippen LogP contribution in [0.5, 0.6) is 5.75 Å². The van der Waals surface area contributed by atoms with Crippen molar-refractivity contribution in [3.8, 4) is 5.75 Å². The van der Waals surface area contributed by atoms with E-state index >= 15 is 0 Å². The Morgan fingerprint density at radius 1 is 1.19 bits per heavy atom. The molecule has 2 N–H and O–H groups in total. The van der Waals surface area contributed by atoms with E-state index in [4.69, 9.17) is 0 Å². The van der Waals surface area contributed by atoms with Crippen LogP contribution in [-0.2, 0) is 6.42 Å². The Balaban J connectivity index is 1.83. The molecule has 21 heavy (non-hydrogen) atoms. The maximum atomic E-state index is 9.77. The molecular weight excluding hydrogens is 258 g/mol. The minimum absolute atomic E-state index is 0.310. The van der Waals surface area contributed by atoms with Crippen molar-refractivity contribution in [3.05, 3.63) is 64.7 Å². The van der Waals surface area contributed by atoms with Crippen molar-refractivity contribution in [2.45, 2.75) is 45.2 Å². The highest BCUT2D eigenvalue weighted by molar-refractivity contribution is 5.39. The topological polar surface area (TPSA) is 32.3 Å². The average molecular weight is 281 g/mol. The molecule has 0 aliphatic heterocycles. The van der Waals surface area contributed by atoms with Crippen LogP contribution >= 0.6 is 0 Å². The quantitative estimate of drug-likeness (QED) is 0.872. The number of aryl methyl sites for hydroxylation is 2. The molecule has 0 saturated carbocycles. The Morgan fingerprint density at radius 3 is 2.81 bits per heavy atom. The fourth-order valence-corrected chi connectivity index (χ4v) is 3.42. The van der Waals surface area contributed by atoms with Crippen LogP contribution in [0.25, 0.3) is 0 Å². The van der Waals surface area contributed by atoms with Crippen molar-refractivity contribution in [1.82, 2.24) is 5.32 Å². The van der Waals surface area contributed by atoms with Crippen LogP contribution in [-0.4, -0.2) is 5.11 Å². The number of benzene rings is 2. The summed E-state index contributed by atoms with van der Waals surface area (Å²) in [6.45, 7) is 4.38. The summed E-state index contributed by atoms with van der Waals surface area (Å²) in [6.07, 6.45) is 3.45. The van der Waals surface area contributed by atoms with E-state index in [0.29, 0.717) is 17.8 Å². The van der Waals surface area contributed by atoms with Gasteiger partial charge in [-0.2, -0.15) is 0 Å². The van der Waals surface area contributed by atoms with Gasteiger partial charge in [0.25, 0.3) is 0 Å². The van der Waals surface area contributed by atoms with Crippen molar-refractivity contribution in [2.75, 3.05) is 0 Å². The van der Waals surface area contributed by atoms with Gasteiger partial charge in [-0.15, -0.1) is 0 Å². The van der Waals surface area contributed by atoms with Crippen LogP contribution in [0, 0.1) is 6.92 Å². The normalized spacial score (nSPS) is 19.0. The Kier molecular flexibility index (Phi) is 3.98. The zero-order chi connectivity index (χ0) is 14.8. The molecule has 2 unspecified atom stereocenters. The SMILES string of the molecule is Cc1ccccc1C(C)NC1CCCc2ccc(O)cc21. The first kappa shape index (κ1) is 14.2. The van der Waals surface area contributed by atoms with E-state index in [-0.39, 0.29) is 0 Å². The number of nitrogens with one attached hydrogen (secondary N) is 1. The van der Waals surface area contributed by atoms with E-state index < -0.39 is 0 Å². The molecule has 2 heteroatoms. The van der Waals surface area contributed by atoms with Gasteiger partial charge in [0, 0.05) is 12.1 Å². The van der Waals surface area contributed by atoms with E-state index in [1.165, 1.54) is 28.7 Å². The minimum atomic E-state index is 0.310. The predicted octanol–water partition coefficient (Wildman–Crippen LogP) is 4.43. The van der Waals surface area contributed by atoms with E-state index in [1.807, 2.05) is 6.07 Å². The largest absolute Gasteiger partial charge is 0.508 e. The summed E-state index contributed by atoms with van der Waals surface area (Å²) in [5, 5.41) is 13.5. The fraction of sp³-hybridized carbons (Fsp3) is 0.368. The van der Waals surface area contributed by atoms with Gasteiger partial charge in [0.1, 0.15) is 5.75 Å². The van der Waals surface area contributed by atoms with Crippen LogP contribution in [0.3, 0.4) is 0 Å². The number of hydrogen-bond donors (Lipinski definition) is 2. The van der Waals surface area contributed by atoms with Gasteiger partial charge >= 0.3 is 0 Å². The lowest BCUT2D eigenvalue weighted by atomic mass is 9.86. The van der Waals surface area contributed by atoms with E-state index in [2.05, 4.69) is 49.5 Å². The second kappa shape index (κ2) is 5.90. The van der Waals surface area contributed by atoms with Crippen molar-refractivity contribution in [2.24, 2.45) is 0 Å². The highest BCUT2D eigenvalue weighted by Gasteiger charge is 2.22. The van der Waals surface area contributed by atoms with Gasteiger partial charge in [-0.1, -0.05) is 30.3 Å². The minimum Gasteiger partial charge on any atom is -0.508 e. The van der Waals surface area contributed by atoms with E-state index in [9.17, 15) is 5.11 Å². The van der Waals surface area contributed by atoms with Crippen LogP contribution in [0.2, 0.25) is 0 Å². The van der Waals surface area contributed by atoms with Crippen LogP contribution in [0.15, 0.2) is 42.5 Å². The first-order valence-electron chi connectivity index (χ1n) is 7.78. The van der Waals surface area contributed by atoms with Gasteiger partial charge in [-0.25, -0.2) is 0 Å². The highest BCUT2D eigenvalue weighted by Crippen LogP contribution is 2.34. The molecular formula is C19H23NO. The summed E-state index contributed by atoms with van der Waals surface area (Å²) in [4.78, 5) is 0. The maximum Gasteiger partial charge on any atom is 0.115 e. The molecule has 110 valence electrons. The molecule has 2 nitrogen and oxygen atoms in total. The predicted molar refractivity (Wildman–Crippen MR) is 86.5 cm³/mol. The Bertz CT molecular complexity index is 635. The molecule has 0 fully saturated rings. The summed E-state index contributed by atoms with van der Waals surface area (Å²) in [5.41, 5.74) is 5.31. The number of hydrogen-bond acceptors (Lipinski definition) is 2. The maximum absolute atomic E-state index is 9.77. The number of phenols is 1. The third kappa shape index (κ3) is 2.96. The first-order valence-corrected chi connectivity index (χ1v) is 7.78. The Morgan fingerprint density at radius 2 is 2.00 bits per heavy atom. The molecule has 2 aromatic rings. The summed E-state index contributed by atoms with van der Waals surface area (Å²) in [5.74, 6) is 0.367. The molecule has 0 spiro atoms. The lowest BCUT2D eigenvalue weighted by Crippen LogP contribution is -2.28. The molecule has 1 aliphatic rings. The summed E-state index contributed by atoms with van der Waals surface area (Å²) < 4.78 is 0. The molecule has 0 aromatic heterocycles. The van der Waals surface area contributed by atoms with Crippen molar-refractivity contribution in [1.29, 1.82) is 0 Å². The summed E-state index contributed by atoms with van der Waals surface area (Å²) >= 11 is 0. The lowest BCUT2D eigenvalue weighted by molar-refractivity contribution is 0.410. The molecule has 2 atom stereocenters. The number of phenolic OH excluding ortho intramolecular Hbond substituents is 1. The molecule has 0 amide bonds. The zero-order valence-electron chi connectivity index (χ0n) is 12.8. The molecule has 0 bridgehead atoms. The van der Waals surface area contributed by atoms with Gasteiger partial charge in [-0.05, 0) is 67.5 Å². The summed E-state index contributed by atoms with van der Waals surface area (Å²) in [7, 11) is 0. The number of aromatic hydroxyl groups is 1. The number of rotatable bonds is 3. The van der Waals surface area contributed by atoms with Crippen molar-refractivity contribution >= 4 is 0 Å². The van der Waals surface area contributed by atoms with Crippen LogP contribution < -0.4 is 5.32 Å². The zero-order valence-corrected chi connectivity index (χ0v) is 12.8. The molecule has 0 heterocycles. The Labute approximate surface area is 126 Å². The molecule has 0 saturated heterocycles. The smallest absolute Gasteiger partial charge is 0.115 e. The molecule has 3 rings (SSSR count). The molecule has 2 aromatic carbocycles. The molecule has 1 aliphatic carbocycles. The van der Waals surface area contributed by atoms with Gasteiger partial charge < -0.3 is 10.4 Å². The van der Waals surface area contributed by atoms with Crippen LogP contribution in [0.1, 0.15) is 54.1 Å². The van der Waals surface area contributed by atoms with Crippen LogP contribution in [0.4, 0.5) is 0 Å². The standard InChI is InChI=1S/C19H23NO/c1-13-6-3-4-8-17(13)14(2)20-19-9-5-7-15-10-11-16(21)12-18(15)19/h3-4,6,8,10-12,14,19-21H,5,7,9H2,1-2H3. The van der Waals surface area contributed by atoms with Gasteiger partial charge in [0.05, 0.1) is 0 Å². The second-order valence-corrected chi connectivity index (χ2v) is 6.07. The average Bonchev–Trinajstić information content (AvgIpc) is 2.48. The lowest BCUT2D eigenvalue weighted by Gasteiger charge is -2.30. The third-order valence-corrected chi connectivity index (χ3v) is 4.55. The summed E-state index contributed by atoms with van der Waals surface area (Å²) in [6, 6.07) is 15.0. The first-order chi connectivity index (χ1) is 10.1.